The summed E-state index contributed by atoms with van der Waals surface area (Å²) in [6, 6.07) is 9.56. The number of esters is 1. The van der Waals surface area contributed by atoms with E-state index in [0.717, 1.165) is 5.56 Å². The third-order valence-electron chi connectivity index (χ3n) is 3.25. The first-order chi connectivity index (χ1) is 11.1. The zero-order valence-electron chi connectivity index (χ0n) is 13.6. The molecule has 0 aliphatic carbocycles. The van der Waals surface area contributed by atoms with Crippen LogP contribution in [0.1, 0.15) is 32.3 Å². The van der Waals surface area contributed by atoms with Gasteiger partial charge in [0.2, 0.25) is 0 Å². The minimum Gasteiger partial charge on any atom is -0.466 e. The summed E-state index contributed by atoms with van der Waals surface area (Å²) in [5, 5.41) is 10.2. The highest BCUT2D eigenvalue weighted by molar-refractivity contribution is 8.13. The lowest BCUT2D eigenvalue weighted by molar-refractivity contribution is -0.143. The Morgan fingerprint density at radius 2 is 1.96 bits per heavy atom. The molecule has 0 radical (unpaired) electrons. The molecule has 0 aliphatic heterocycles. The zero-order chi connectivity index (χ0) is 17.1. The van der Waals surface area contributed by atoms with Crippen LogP contribution >= 0.6 is 11.8 Å². The molecule has 23 heavy (non-hydrogen) atoms. The van der Waals surface area contributed by atoms with Gasteiger partial charge in [-0.3, -0.25) is 9.59 Å². The third kappa shape index (κ3) is 7.48. The Morgan fingerprint density at radius 1 is 1.26 bits per heavy atom. The number of rotatable bonds is 9. The molecule has 1 rings (SSSR count). The van der Waals surface area contributed by atoms with Crippen molar-refractivity contribution in [3.8, 4) is 0 Å². The van der Waals surface area contributed by atoms with Gasteiger partial charge in [0.25, 0.3) is 0 Å². The Hall–Kier alpha value is -1.59. The molecule has 4 nitrogen and oxygen atoms in total. The van der Waals surface area contributed by atoms with Gasteiger partial charge in [0, 0.05) is 6.42 Å². The predicted molar refractivity (Wildman–Crippen MR) is 94.0 cm³/mol. The van der Waals surface area contributed by atoms with Gasteiger partial charge in [-0.05, 0) is 24.7 Å². The summed E-state index contributed by atoms with van der Waals surface area (Å²) in [6.07, 6.45) is 2.89. The summed E-state index contributed by atoms with van der Waals surface area (Å²) in [4.78, 5) is 23.7. The Balaban J connectivity index is 2.71. The largest absolute Gasteiger partial charge is 0.466 e. The lowest BCUT2D eigenvalue weighted by atomic mass is 9.97. The third-order valence-corrected chi connectivity index (χ3v) is 4.13. The van der Waals surface area contributed by atoms with E-state index in [1.54, 1.807) is 19.1 Å². The van der Waals surface area contributed by atoms with Gasteiger partial charge in [-0.15, -0.1) is 0 Å². The maximum absolute atomic E-state index is 12.2. The maximum atomic E-state index is 12.2. The van der Waals surface area contributed by atoms with E-state index in [2.05, 4.69) is 0 Å². The number of hydrogen-bond acceptors (Lipinski definition) is 5. The molecule has 0 aromatic heterocycles. The van der Waals surface area contributed by atoms with E-state index in [9.17, 15) is 14.7 Å². The monoisotopic (exact) mass is 336 g/mol. The highest BCUT2D eigenvalue weighted by Crippen LogP contribution is 2.22. The molecule has 1 N–H and O–H groups in total. The van der Waals surface area contributed by atoms with Crippen LogP contribution in [0.15, 0.2) is 36.4 Å². The van der Waals surface area contributed by atoms with Crippen molar-refractivity contribution in [2.24, 2.45) is 5.92 Å². The fraction of sp³-hybridized carbons (Fsp3) is 0.444. The van der Waals surface area contributed by atoms with E-state index in [0.29, 0.717) is 12.4 Å². The van der Waals surface area contributed by atoms with Crippen LogP contribution in [0.4, 0.5) is 0 Å². The molecule has 0 unspecified atom stereocenters. The highest BCUT2D eigenvalue weighted by Gasteiger charge is 2.26. The molecule has 0 spiro atoms. The SMILES string of the molecule is CCOC(=O)CC[C@@H](C(=O)SCC)[C@@H](O)/C=C/c1ccccc1. The van der Waals surface area contributed by atoms with Crippen LogP contribution in [-0.2, 0) is 14.3 Å². The highest BCUT2D eigenvalue weighted by atomic mass is 32.2. The summed E-state index contributed by atoms with van der Waals surface area (Å²) in [5.74, 6) is -0.306. The Kier molecular flexibility index (Phi) is 9.33. The molecule has 0 saturated carbocycles. The second kappa shape index (κ2) is 11.0. The number of carbonyl (C=O) groups excluding carboxylic acids is 2. The van der Waals surface area contributed by atoms with Crippen LogP contribution in [-0.4, -0.2) is 34.7 Å². The van der Waals surface area contributed by atoms with E-state index >= 15 is 0 Å². The van der Waals surface area contributed by atoms with Crippen LogP contribution < -0.4 is 0 Å². The maximum Gasteiger partial charge on any atom is 0.305 e. The summed E-state index contributed by atoms with van der Waals surface area (Å²) in [6.45, 7) is 3.94. The second-order valence-electron chi connectivity index (χ2n) is 4.96. The van der Waals surface area contributed by atoms with E-state index < -0.39 is 12.0 Å². The minimum absolute atomic E-state index is 0.0954. The molecule has 126 valence electrons. The zero-order valence-corrected chi connectivity index (χ0v) is 14.4. The van der Waals surface area contributed by atoms with E-state index in [1.807, 2.05) is 37.3 Å². The molecule has 5 heteroatoms. The van der Waals surface area contributed by atoms with Crippen molar-refractivity contribution in [1.29, 1.82) is 0 Å². The van der Waals surface area contributed by atoms with Crippen molar-refractivity contribution >= 4 is 28.9 Å². The van der Waals surface area contributed by atoms with Gasteiger partial charge in [0.15, 0.2) is 5.12 Å². The Morgan fingerprint density at radius 3 is 2.57 bits per heavy atom. The van der Waals surface area contributed by atoms with Crippen LogP contribution in [0.2, 0.25) is 0 Å². The summed E-state index contributed by atoms with van der Waals surface area (Å²) in [5.41, 5.74) is 0.950. The lowest BCUT2D eigenvalue weighted by Gasteiger charge is -2.18. The summed E-state index contributed by atoms with van der Waals surface area (Å²) in [7, 11) is 0. The van der Waals surface area contributed by atoms with Gasteiger partial charge >= 0.3 is 5.97 Å². The molecule has 2 atom stereocenters. The number of benzene rings is 1. The number of thioether (sulfide) groups is 1. The first-order valence-corrected chi connectivity index (χ1v) is 8.80. The molecule has 0 bridgehead atoms. The van der Waals surface area contributed by atoms with Gasteiger partial charge in [0.1, 0.15) is 0 Å². The number of hydrogen-bond donors (Lipinski definition) is 1. The molecule has 1 aromatic rings. The summed E-state index contributed by atoms with van der Waals surface area (Å²) >= 11 is 1.17. The second-order valence-corrected chi connectivity index (χ2v) is 6.23. The average Bonchev–Trinajstić information content (AvgIpc) is 2.54. The van der Waals surface area contributed by atoms with Crippen molar-refractivity contribution in [3.63, 3.8) is 0 Å². The van der Waals surface area contributed by atoms with Crippen molar-refractivity contribution in [1.82, 2.24) is 0 Å². The molecule has 0 saturated heterocycles. The van der Waals surface area contributed by atoms with Crippen molar-refractivity contribution in [2.75, 3.05) is 12.4 Å². The number of ether oxygens (including phenoxy) is 1. The number of aliphatic hydroxyl groups excluding tert-OH is 1. The Bertz CT molecular complexity index is 513. The first kappa shape index (κ1) is 19.5. The lowest BCUT2D eigenvalue weighted by Crippen LogP contribution is -2.26. The molecule has 0 aliphatic rings. The molecular formula is C18H24O4S. The summed E-state index contributed by atoms with van der Waals surface area (Å²) < 4.78 is 4.88. The topological polar surface area (TPSA) is 63.6 Å². The number of aliphatic hydroxyl groups is 1. The predicted octanol–water partition coefficient (Wildman–Crippen LogP) is 3.30. The first-order valence-electron chi connectivity index (χ1n) is 7.82. The Labute approximate surface area is 141 Å². The van der Waals surface area contributed by atoms with Gasteiger partial charge in [0.05, 0.1) is 18.6 Å². The van der Waals surface area contributed by atoms with Gasteiger partial charge in [-0.1, -0.05) is 61.2 Å². The molecule has 0 heterocycles. The smallest absolute Gasteiger partial charge is 0.305 e. The van der Waals surface area contributed by atoms with Crippen LogP contribution in [0.3, 0.4) is 0 Å². The molecule has 1 aromatic carbocycles. The molecule has 0 amide bonds. The quantitative estimate of drug-likeness (QED) is 0.701. The van der Waals surface area contributed by atoms with E-state index in [4.69, 9.17) is 4.74 Å². The fourth-order valence-corrected chi connectivity index (χ4v) is 2.85. The van der Waals surface area contributed by atoms with Crippen molar-refractivity contribution < 1.29 is 19.4 Å². The van der Waals surface area contributed by atoms with E-state index in [1.165, 1.54) is 11.8 Å². The van der Waals surface area contributed by atoms with Crippen molar-refractivity contribution in [2.45, 2.75) is 32.8 Å². The number of carbonyl (C=O) groups is 2. The van der Waals surface area contributed by atoms with Gasteiger partial charge < -0.3 is 9.84 Å². The van der Waals surface area contributed by atoms with Gasteiger partial charge in [-0.2, -0.15) is 0 Å². The molecular weight excluding hydrogens is 312 g/mol. The molecule has 0 fully saturated rings. The van der Waals surface area contributed by atoms with Crippen LogP contribution in [0.25, 0.3) is 6.08 Å². The normalized spacial score (nSPS) is 13.7. The van der Waals surface area contributed by atoms with Crippen LogP contribution in [0.5, 0.6) is 0 Å². The van der Waals surface area contributed by atoms with Crippen molar-refractivity contribution in [3.05, 3.63) is 42.0 Å². The minimum atomic E-state index is -0.920. The van der Waals surface area contributed by atoms with E-state index in [-0.39, 0.29) is 23.9 Å². The standard InChI is InChI=1S/C18H24O4S/c1-3-22-17(20)13-11-15(18(21)23-4-2)16(19)12-10-14-8-6-5-7-9-14/h5-10,12,15-16,19H,3-4,11,13H2,1-2H3/b12-10+/t15-,16+/m1/s1. The average molecular weight is 336 g/mol. The fourth-order valence-electron chi connectivity index (χ4n) is 2.09. The van der Waals surface area contributed by atoms with Crippen LogP contribution in [0, 0.1) is 5.92 Å². The van der Waals surface area contributed by atoms with Gasteiger partial charge in [-0.25, -0.2) is 0 Å².